The number of aliphatic hydroxyl groups excluding tert-OH is 1. The lowest BCUT2D eigenvalue weighted by atomic mass is 9.78. The van der Waals surface area contributed by atoms with Gasteiger partial charge in [-0.1, -0.05) is 49.8 Å². The molecular formula is C26H30ClN3O4S. The Hall–Kier alpha value is -2.29. The van der Waals surface area contributed by atoms with Gasteiger partial charge in [0.1, 0.15) is 6.04 Å². The molecule has 0 bridgehead atoms. The number of likely N-dealkylation sites (tertiary alicyclic amines) is 1. The zero-order valence-corrected chi connectivity index (χ0v) is 21.6. The lowest BCUT2D eigenvalue weighted by molar-refractivity contribution is -0.144. The molecule has 4 aliphatic heterocycles. The van der Waals surface area contributed by atoms with E-state index in [2.05, 4.69) is 0 Å². The minimum atomic E-state index is -0.898. The smallest absolute Gasteiger partial charge is 0.251 e. The summed E-state index contributed by atoms with van der Waals surface area (Å²) in [5.41, 5.74) is 0.690. The summed E-state index contributed by atoms with van der Waals surface area (Å²) in [7, 11) is 1.75. The zero-order valence-electron chi connectivity index (χ0n) is 20.0. The highest BCUT2D eigenvalue weighted by atomic mass is 35.5. The Morgan fingerprint density at radius 1 is 1.09 bits per heavy atom. The van der Waals surface area contributed by atoms with Gasteiger partial charge in [0, 0.05) is 36.1 Å². The maximum Gasteiger partial charge on any atom is 0.251 e. The number of carbonyl (C=O) groups excluding carboxylic acids is 3. The molecule has 5 rings (SSSR count). The second-order valence-corrected chi connectivity index (χ2v) is 12.0. The Labute approximate surface area is 214 Å². The summed E-state index contributed by atoms with van der Waals surface area (Å²) in [6, 6.07) is 5.69. The molecule has 0 aliphatic carbocycles. The van der Waals surface area contributed by atoms with E-state index in [9.17, 15) is 19.5 Å². The Morgan fingerprint density at radius 2 is 1.80 bits per heavy atom. The largest absolute Gasteiger partial charge is 0.394 e. The van der Waals surface area contributed by atoms with Crippen molar-refractivity contribution in [3.8, 4) is 0 Å². The fourth-order valence-corrected chi connectivity index (χ4v) is 8.15. The number of benzene rings is 1. The van der Waals surface area contributed by atoms with E-state index in [-0.39, 0.29) is 35.5 Å². The third-order valence-corrected chi connectivity index (χ3v) is 9.75. The van der Waals surface area contributed by atoms with Gasteiger partial charge in [0.05, 0.1) is 29.2 Å². The van der Waals surface area contributed by atoms with Crippen LogP contribution < -0.4 is 4.90 Å². The Morgan fingerprint density at radius 3 is 2.46 bits per heavy atom. The molecule has 4 heterocycles. The summed E-state index contributed by atoms with van der Waals surface area (Å²) in [6.45, 7) is 4.46. The van der Waals surface area contributed by atoms with E-state index in [4.69, 9.17) is 11.6 Å². The number of amides is 3. The van der Waals surface area contributed by atoms with Crippen molar-refractivity contribution in [2.45, 2.75) is 35.9 Å². The van der Waals surface area contributed by atoms with Gasteiger partial charge in [-0.05, 0) is 30.2 Å². The molecule has 186 valence electrons. The second-order valence-electron chi connectivity index (χ2n) is 10.1. The van der Waals surface area contributed by atoms with Crippen LogP contribution >= 0.6 is 23.4 Å². The number of carbonyl (C=O) groups is 3. The first-order valence-electron chi connectivity index (χ1n) is 12.0. The number of fused-ring (bicyclic) bond motifs is 2. The van der Waals surface area contributed by atoms with Crippen molar-refractivity contribution in [3.63, 3.8) is 0 Å². The molecule has 0 radical (unpaired) electrons. The summed E-state index contributed by atoms with van der Waals surface area (Å²) in [4.78, 5) is 46.9. The molecule has 1 unspecified atom stereocenters. The monoisotopic (exact) mass is 515 g/mol. The van der Waals surface area contributed by atoms with Gasteiger partial charge in [0.25, 0.3) is 5.91 Å². The van der Waals surface area contributed by atoms with Gasteiger partial charge >= 0.3 is 0 Å². The fraction of sp³-hybridized carbons (Fsp3) is 0.500. The van der Waals surface area contributed by atoms with E-state index >= 15 is 0 Å². The number of hydrogen-bond acceptors (Lipinski definition) is 5. The number of nitrogens with zero attached hydrogens (tertiary/aromatic N) is 3. The zero-order chi connectivity index (χ0) is 25.1. The van der Waals surface area contributed by atoms with Crippen LogP contribution in [0.4, 0.5) is 5.69 Å². The van der Waals surface area contributed by atoms with E-state index in [0.29, 0.717) is 23.8 Å². The van der Waals surface area contributed by atoms with Gasteiger partial charge < -0.3 is 19.8 Å². The van der Waals surface area contributed by atoms with Crippen molar-refractivity contribution in [2.24, 2.45) is 17.8 Å². The van der Waals surface area contributed by atoms with E-state index in [1.54, 1.807) is 57.8 Å². The molecule has 4 aliphatic rings. The molecule has 6 atom stereocenters. The van der Waals surface area contributed by atoms with Gasteiger partial charge in [-0.3, -0.25) is 14.4 Å². The summed E-state index contributed by atoms with van der Waals surface area (Å²) >= 11 is 7.63. The van der Waals surface area contributed by atoms with Crippen LogP contribution in [0.5, 0.6) is 0 Å². The predicted octanol–water partition coefficient (Wildman–Crippen LogP) is 2.59. The number of hydrogen-bond donors (Lipinski definition) is 1. The van der Waals surface area contributed by atoms with Gasteiger partial charge in [-0.2, -0.15) is 0 Å². The van der Waals surface area contributed by atoms with Crippen molar-refractivity contribution in [1.82, 2.24) is 9.80 Å². The number of anilines is 1. The maximum absolute atomic E-state index is 14.3. The van der Waals surface area contributed by atoms with Crippen molar-refractivity contribution < 1.29 is 19.5 Å². The first-order valence-corrected chi connectivity index (χ1v) is 13.2. The molecular weight excluding hydrogens is 486 g/mol. The van der Waals surface area contributed by atoms with Crippen LogP contribution in [0, 0.1) is 17.8 Å². The lowest BCUT2D eigenvalue weighted by Crippen LogP contribution is -2.57. The molecule has 1 aromatic rings. The van der Waals surface area contributed by atoms with Crippen molar-refractivity contribution in [2.75, 3.05) is 31.6 Å². The van der Waals surface area contributed by atoms with Crippen molar-refractivity contribution in [3.05, 3.63) is 53.6 Å². The Kier molecular flexibility index (Phi) is 6.26. The minimum Gasteiger partial charge on any atom is -0.394 e. The van der Waals surface area contributed by atoms with Crippen LogP contribution in [-0.2, 0) is 14.4 Å². The number of likely N-dealkylation sites (N-methyl/N-ethyl adjacent to an activating group) is 1. The average molecular weight is 516 g/mol. The number of aliphatic hydroxyl groups is 1. The molecule has 9 heteroatoms. The van der Waals surface area contributed by atoms with Crippen molar-refractivity contribution >= 4 is 46.8 Å². The quantitative estimate of drug-likeness (QED) is 0.623. The summed E-state index contributed by atoms with van der Waals surface area (Å²) in [5, 5.41) is 10.7. The number of thioether (sulfide) groups is 1. The van der Waals surface area contributed by atoms with Crippen LogP contribution in [0.1, 0.15) is 13.8 Å². The number of rotatable bonds is 4. The molecule has 2 saturated heterocycles. The molecule has 0 saturated carbocycles. The molecule has 1 spiro atoms. The van der Waals surface area contributed by atoms with Gasteiger partial charge in [-0.15, -0.1) is 11.8 Å². The molecule has 1 N–H and O–H groups in total. The highest BCUT2D eigenvalue weighted by Gasteiger charge is 2.71. The van der Waals surface area contributed by atoms with Gasteiger partial charge in [0.15, 0.2) is 0 Å². The molecule has 1 aromatic carbocycles. The number of halogens is 1. The molecule has 7 nitrogen and oxygen atoms in total. The summed E-state index contributed by atoms with van der Waals surface area (Å²) < 4.78 is -0.898. The van der Waals surface area contributed by atoms with Gasteiger partial charge in [-0.25, -0.2) is 0 Å². The lowest BCUT2D eigenvalue weighted by Gasteiger charge is -2.39. The Bertz CT molecular complexity index is 1110. The normalized spacial score (nSPS) is 33.1. The van der Waals surface area contributed by atoms with Crippen LogP contribution in [-0.4, -0.2) is 81.5 Å². The van der Waals surface area contributed by atoms with Crippen LogP contribution in [0.15, 0.2) is 48.6 Å². The first-order chi connectivity index (χ1) is 16.7. The predicted molar refractivity (Wildman–Crippen MR) is 137 cm³/mol. The average Bonchev–Trinajstić information content (AvgIpc) is 3.14. The SMILES string of the molecule is CC(C)[C@H](CO)N1C(=O)[C@@H]2[C@H]3C(=O)N(C)CC=C[C@H]3S[C@@]23C=CCN(c2ccc(Cl)cc2)C(=O)C13. The molecule has 3 amide bonds. The third-order valence-electron chi connectivity index (χ3n) is 7.75. The highest BCUT2D eigenvalue weighted by Crippen LogP contribution is 2.61. The maximum atomic E-state index is 14.3. The minimum absolute atomic E-state index is 0.0722. The van der Waals surface area contributed by atoms with Crippen LogP contribution in [0.3, 0.4) is 0 Å². The second kappa shape index (κ2) is 8.98. The van der Waals surface area contributed by atoms with Crippen LogP contribution in [0.2, 0.25) is 5.02 Å². The standard InChI is InChI=1S/C26H30ClN3O4S/c1-15(2)18(14-31)30-22-25(34)29(17-9-7-16(27)8-10-17)13-5-11-26(22)21(24(30)33)20-19(35-26)6-4-12-28(3)23(20)32/h4-11,15,18-22,31H,12-14H2,1-3H3/t18-,19+,20-,21-,22?,26-/m0/s1. The molecule has 0 aromatic heterocycles. The summed E-state index contributed by atoms with van der Waals surface area (Å²) in [6.07, 6.45) is 7.92. The Balaban J connectivity index is 1.66. The van der Waals surface area contributed by atoms with E-state index in [0.717, 1.165) is 0 Å². The van der Waals surface area contributed by atoms with Gasteiger partial charge in [0.2, 0.25) is 11.8 Å². The van der Waals surface area contributed by atoms with E-state index in [1.165, 1.54) is 0 Å². The summed E-state index contributed by atoms with van der Waals surface area (Å²) in [5.74, 6) is -1.82. The molecule has 2 fully saturated rings. The van der Waals surface area contributed by atoms with Crippen LogP contribution in [0.25, 0.3) is 0 Å². The van der Waals surface area contributed by atoms with Crippen molar-refractivity contribution in [1.29, 1.82) is 0 Å². The van der Waals surface area contributed by atoms with E-state index in [1.807, 2.05) is 38.2 Å². The topological polar surface area (TPSA) is 81.2 Å². The van der Waals surface area contributed by atoms with E-state index < -0.39 is 28.7 Å². The highest BCUT2D eigenvalue weighted by molar-refractivity contribution is 8.02. The first kappa shape index (κ1) is 24.4. The fourth-order valence-electron chi connectivity index (χ4n) is 6.03. The molecule has 35 heavy (non-hydrogen) atoms. The third kappa shape index (κ3) is 3.64.